The highest BCUT2D eigenvalue weighted by Crippen LogP contribution is 2.29. The van der Waals surface area contributed by atoms with Crippen molar-refractivity contribution < 1.29 is 14.7 Å². The van der Waals surface area contributed by atoms with Crippen molar-refractivity contribution in [2.75, 3.05) is 5.73 Å². The average molecular weight is 282 g/mol. The van der Waals surface area contributed by atoms with E-state index in [1.54, 1.807) is 24.3 Å². The van der Waals surface area contributed by atoms with Crippen LogP contribution in [0.1, 0.15) is 25.6 Å². The fourth-order valence-electron chi connectivity index (χ4n) is 1.48. The van der Waals surface area contributed by atoms with Crippen molar-refractivity contribution in [2.24, 2.45) is 0 Å². The number of ketones is 1. The molecule has 0 saturated carbocycles. The van der Waals surface area contributed by atoms with Crippen molar-refractivity contribution in [3.63, 3.8) is 0 Å². The normalized spacial score (nSPS) is 10.3. The molecule has 2 rings (SSSR count). The van der Waals surface area contributed by atoms with Gasteiger partial charge in [-0.05, 0) is 18.2 Å². The summed E-state index contributed by atoms with van der Waals surface area (Å²) in [5, 5.41) is 9.34. The van der Waals surface area contributed by atoms with Crippen LogP contribution in [-0.4, -0.2) is 16.9 Å². The van der Waals surface area contributed by atoms with Gasteiger partial charge in [0, 0.05) is 5.56 Å². The summed E-state index contributed by atoms with van der Waals surface area (Å²) in [5.74, 6) is -1.48. The number of hydrogen-bond donors (Lipinski definition) is 2. The van der Waals surface area contributed by atoms with E-state index < -0.39 is 5.97 Å². The molecule has 0 radical (unpaired) electrons. The van der Waals surface area contributed by atoms with Crippen LogP contribution in [-0.2, 0) is 0 Å². The van der Waals surface area contributed by atoms with E-state index in [2.05, 4.69) is 0 Å². The summed E-state index contributed by atoms with van der Waals surface area (Å²) >= 11 is 6.78. The topological polar surface area (TPSA) is 80.4 Å². The van der Waals surface area contributed by atoms with E-state index in [-0.39, 0.29) is 21.2 Å². The lowest BCUT2D eigenvalue weighted by molar-refractivity contribution is 0.0702. The lowest BCUT2D eigenvalue weighted by Gasteiger charge is -2.01. The molecular weight excluding hydrogens is 274 g/mol. The Morgan fingerprint density at radius 3 is 2.44 bits per heavy atom. The largest absolute Gasteiger partial charge is 0.477 e. The van der Waals surface area contributed by atoms with Gasteiger partial charge in [0.15, 0.2) is 5.78 Å². The molecule has 0 saturated heterocycles. The highest BCUT2D eigenvalue weighted by atomic mass is 35.5. The summed E-state index contributed by atoms with van der Waals surface area (Å²) in [6, 6.07) is 7.82. The van der Waals surface area contributed by atoms with Crippen LogP contribution in [0.4, 0.5) is 5.00 Å². The van der Waals surface area contributed by atoms with Gasteiger partial charge in [-0.2, -0.15) is 0 Å². The van der Waals surface area contributed by atoms with Gasteiger partial charge in [0.2, 0.25) is 0 Å². The number of nitrogens with two attached hydrogens (primary N) is 1. The van der Waals surface area contributed by atoms with Crippen molar-refractivity contribution in [1.82, 2.24) is 0 Å². The van der Waals surface area contributed by atoms with E-state index in [1.807, 2.05) is 0 Å². The number of nitrogen functional groups attached to an aromatic ring is 1. The number of thiophene rings is 1. The molecule has 92 valence electrons. The molecule has 0 unspecified atom stereocenters. The minimum atomic E-state index is -1.11. The molecule has 3 N–H and O–H groups in total. The molecule has 0 aliphatic rings. The SMILES string of the molecule is Nc1sc(C(=O)O)cc1C(=O)c1ccccc1Cl. The van der Waals surface area contributed by atoms with E-state index >= 15 is 0 Å². The third-order valence-corrected chi connectivity index (χ3v) is 3.62. The number of carboxylic acid groups (broad SMARTS) is 1. The van der Waals surface area contributed by atoms with Gasteiger partial charge < -0.3 is 10.8 Å². The van der Waals surface area contributed by atoms with Gasteiger partial charge in [0.05, 0.1) is 15.6 Å². The third kappa shape index (κ3) is 2.23. The van der Waals surface area contributed by atoms with Crippen LogP contribution in [0.2, 0.25) is 5.02 Å². The lowest BCUT2D eigenvalue weighted by Crippen LogP contribution is -2.03. The summed E-state index contributed by atoms with van der Waals surface area (Å²) in [4.78, 5) is 23.0. The summed E-state index contributed by atoms with van der Waals surface area (Å²) in [5.41, 5.74) is 6.14. The minimum absolute atomic E-state index is 0.0305. The number of halogens is 1. The van der Waals surface area contributed by atoms with Gasteiger partial charge in [-0.3, -0.25) is 4.79 Å². The summed E-state index contributed by atoms with van der Waals surface area (Å²) < 4.78 is 0. The maximum Gasteiger partial charge on any atom is 0.345 e. The van der Waals surface area contributed by atoms with Gasteiger partial charge in [0.25, 0.3) is 0 Å². The van der Waals surface area contributed by atoms with Crippen LogP contribution in [0.15, 0.2) is 30.3 Å². The summed E-state index contributed by atoms with van der Waals surface area (Å²) in [6.07, 6.45) is 0. The third-order valence-electron chi connectivity index (χ3n) is 2.33. The Labute approximate surface area is 112 Å². The second-order valence-corrected chi connectivity index (χ2v) is 4.99. The Morgan fingerprint density at radius 2 is 1.89 bits per heavy atom. The minimum Gasteiger partial charge on any atom is -0.477 e. The first-order chi connectivity index (χ1) is 8.50. The van der Waals surface area contributed by atoms with Crippen molar-refractivity contribution in [1.29, 1.82) is 0 Å². The Bertz CT molecular complexity index is 636. The molecule has 0 aliphatic carbocycles. The predicted octanol–water partition coefficient (Wildman–Crippen LogP) is 2.91. The molecule has 1 heterocycles. The van der Waals surface area contributed by atoms with Crippen molar-refractivity contribution >= 4 is 39.7 Å². The van der Waals surface area contributed by atoms with Crippen LogP contribution < -0.4 is 5.73 Å². The Morgan fingerprint density at radius 1 is 1.22 bits per heavy atom. The maximum absolute atomic E-state index is 12.2. The average Bonchev–Trinajstić information content (AvgIpc) is 2.71. The monoisotopic (exact) mass is 281 g/mol. The van der Waals surface area contributed by atoms with E-state index in [4.69, 9.17) is 22.4 Å². The Hall–Kier alpha value is -1.85. The fraction of sp³-hybridized carbons (Fsp3) is 0. The highest BCUT2D eigenvalue weighted by Gasteiger charge is 2.20. The summed E-state index contributed by atoms with van der Waals surface area (Å²) in [6.45, 7) is 0. The van der Waals surface area contributed by atoms with E-state index in [9.17, 15) is 9.59 Å². The second kappa shape index (κ2) is 4.80. The second-order valence-electron chi connectivity index (χ2n) is 3.50. The van der Waals surface area contributed by atoms with Gasteiger partial charge in [-0.1, -0.05) is 23.7 Å². The first kappa shape index (κ1) is 12.6. The zero-order chi connectivity index (χ0) is 13.3. The van der Waals surface area contributed by atoms with Gasteiger partial charge in [0.1, 0.15) is 4.88 Å². The van der Waals surface area contributed by atoms with Crippen molar-refractivity contribution in [2.45, 2.75) is 0 Å². The molecule has 1 aromatic heterocycles. The highest BCUT2D eigenvalue weighted by molar-refractivity contribution is 7.18. The van der Waals surface area contributed by atoms with Crippen LogP contribution >= 0.6 is 22.9 Å². The molecule has 1 aromatic carbocycles. The number of anilines is 1. The molecule has 0 fully saturated rings. The number of carbonyl (C=O) groups is 2. The zero-order valence-electron chi connectivity index (χ0n) is 9.01. The molecule has 0 amide bonds. The number of carbonyl (C=O) groups excluding carboxylic acids is 1. The number of carboxylic acids is 1. The standard InChI is InChI=1S/C12H8ClNO3S/c13-8-4-2-1-3-6(8)10(15)7-5-9(12(16)17)18-11(7)14/h1-5H,14H2,(H,16,17). The first-order valence-corrected chi connectivity index (χ1v) is 6.12. The van der Waals surface area contributed by atoms with Crippen LogP contribution in [0.5, 0.6) is 0 Å². The predicted molar refractivity (Wildman–Crippen MR) is 70.6 cm³/mol. The molecule has 4 nitrogen and oxygen atoms in total. The zero-order valence-corrected chi connectivity index (χ0v) is 10.6. The quantitative estimate of drug-likeness (QED) is 0.848. The maximum atomic E-state index is 12.2. The van der Waals surface area contributed by atoms with Crippen LogP contribution in [0.3, 0.4) is 0 Å². The van der Waals surface area contributed by atoms with E-state index in [0.717, 1.165) is 11.3 Å². The molecule has 0 spiro atoms. The number of hydrogen-bond acceptors (Lipinski definition) is 4. The van der Waals surface area contributed by atoms with Gasteiger partial charge >= 0.3 is 5.97 Å². The number of aromatic carboxylic acids is 1. The molecule has 6 heteroatoms. The summed E-state index contributed by atoms with van der Waals surface area (Å²) in [7, 11) is 0. The Kier molecular flexibility index (Phi) is 3.36. The molecule has 0 aliphatic heterocycles. The number of benzene rings is 1. The number of rotatable bonds is 3. The molecule has 0 atom stereocenters. The van der Waals surface area contributed by atoms with Crippen molar-refractivity contribution in [3.05, 3.63) is 51.4 Å². The van der Waals surface area contributed by atoms with Gasteiger partial charge in [-0.25, -0.2) is 4.79 Å². The van der Waals surface area contributed by atoms with E-state index in [1.165, 1.54) is 6.07 Å². The lowest BCUT2D eigenvalue weighted by atomic mass is 10.1. The van der Waals surface area contributed by atoms with Crippen LogP contribution in [0, 0.1) is 0 Å². The van der Waals surface area contributed by atoms with Crippen molar-refractivity contribution in [3.8, 4) is 0 Å². The molecule has 18 heavy (non-hydrogen) atoms. The van der Waals surface area contributed by atoms with Gasteiger partial charge in [-0.15, -0.1) is 11.3 Å². The smallest absolute Gasteiger partial charge is 0.345 e. The Balaban J connectivity index is 2.47. The van der Waals surface area contributed by atoms with E-state index in [0.29, 0.717) is 10.6 Å². The molecule has 2 aromatic rings. The fourth-order valence-corrected chi connectivity index (χ4v) is 2.46. The first-order valence-electron chi connectivity index (χ1n) is 4.92. The molecular formula is C12H8ClNO3S. The van der Waals surface area contributed by atoms with Crippen LogP contribution in [0.25, 0.3) is 0 Å². The molecule has 0 bridgehead atoms.